The van der Waals surface area contributed by atoms with E-state index in [0.29, 0.717) is 5.96 Å². The number of aliphatic imine (C=N–C) groups is 1. The molecule has 0 radical (unpaired) electrons. The fraction of sp³-hybridized carbons (Fsp3) is 0.583. The molecule has 0 unspecified atom stereocenters. The van der Waals surface area contributed by atoms with Gasteiger partial charge in [-0.3, -0.25) is 4.99 Å². The molecule has 0 aliphatic heterocycles. The maximum absolute atomic E-state index is 5.75. The summed E-state index contributed by atoms with van der Waals surface area (Å²) in [6.07, 6.45) is 6.49. The normalized spacial score (nSPS) is 17.1. The highest BCUT2D eigenvalue weighted by Crippen LogP contribution is 2.26. The molecule has 3 N–H and O–H groups in total. The minimum atomic E-state index is 0.554. The van der Waals surface area contributed by atoms with Gasteiger partial charge in [-0.25, -0.2) is 0 Å². The number of nitrogens with zero attached hydrogens (tertiary/aromatic N) is 1. The van der Waals surface area contributed by atoms with E-state index in [1.54, 1.807) is 6.26 Å². The lowest BCUT2D eigenvalue weighted by Gasteiger charge is -2.23. The molecule has 0 spiro atoms. The Kier molecular flexibility index (Phi) is 3.86. The second-order valence-corrected chi connectivity index (χ2v) is 4.28. The molecule has 2 rings (SSSR count). The number of hydrogen-bond donors (Lipinski definition) is 2. The van der Waals surface area contributed by atoms with E-state index >= 15 is 0 Å². The molecule has 0 bridgehead atoms. The van der Waals surface area contributed by atoms with Crippen LogP contribution in [0, 0.1) is 5.92 Å². The Morgan fingerprint density at radius 2 is 2.44 bits per heavy atom. The Balaban J connectivity index is 1.61. The minimum Gasteiger partial charge on any atom is -0.469 e. The summed E-state index contributed by atoms with van der Waals surface area (Å²) in [7, 11) is 0. The maximum atomic E-state index is 5.75. The third-order valence-corrected chi connectivity index (χ3v) is 3.00. The van der Waals surface area contributed by atoms with Crippen LogP contribution in [0.5, 0.6) is 0 Å². The predicted molar refractivity (Wildman–Crippen MR) is 64.2 cm³/mol. The van der Waals surface area contributed by atoms with Crippen molar-refractivity contribution >= 4 is 5.96 Å². The van der Waals surface area contributed by atoms with Gasteiger partial charge in [-0.1, -0.05) is 6.42 Å². The van der Waals surface area contributed by atoms with E-state index in [1.165, 1.54) is 19.3 Å². The first-order valence-corrected chi connectivity index (χ1v) is 5.91. The summed E-state index contributed by atoms with van der Waals surface area (Å²) in [4.78, 5) is 4.32. The van der Waals surface area contributed by atoms with Crippen LogP contribution in [0.3, 0.4) is 0 Å². The van der Waals surface area contributed by atoms with E-state index in [-0.39, 0.29) is 0 Å². The first-order valence-electron chi connectivity index (χ1n) is 5.91. The van der Waals surface area contributed by atoms with Crippen molar-refractivity contribution in [1.82, 2.24) is 5.32 Å². The SMILES string of the molecule is NC(=NCC1CCC1)NCCc1ccco1. The van der Waals surface area contributed by atoms with Gasteiger partial charge in [0.25, 0.3) is 0 Å². The fourth-order valence-corrected chi connectivity index (χ4v) is 1.73. The molecular formula is C12H19N3O. The number of nitrogens with two attached hydrogens (primary N) is 1. The highest BCUT2D eigenvalue weighted by Gasteiger charge is 2.16. The Labute approximate surface area is 95.9 Å². The van der Waals surface area contributed by atoms with Crippen molar-refractivity contribution in [3.63, 3.8) is 0 Å². The van der Waals surface area contributed by atoms with Crippen LogP contribution in [-0.4, -0.2) is 19.0 Å². The van der Waals surface area contributed by atoms with Crippen molar-refractivity contribution in [2.24, 2.45) is 16.6 Å². The van der Waals surface area contributed by atoms with Gasteiger partial charge < -0.3 is 15.5 Å². The quantitative estimate of drug-likeness (QED) is 0.585. The molecule has 0 saturated heterocycles. The van der Waals surface area contributed by atoms with Crippen molar-refractivity contribution < 1.29 is 4.42 Å². The largest absolute Gasteiger partial charge is 0.469 e. The van der Waals surface area contributed by atoms with Crippen molar-refractivity contribution in [2.75, 3.05) is 13.1 Å². The first kappa shape index (κ1) is 11.0. The van der Waals surface area contributed by atoms with Gasteiger partial charge in [-0.15, -0.1) is 0 Å². The van der Waals surface area contributed by atoms with Crippen LogP contribution in [0.4, 0.5) is 0 Å². The Hall–Kier alpha value is -1.45. The molecule has 4 nitrogen and oxygen atoms in total. The lowest BCUT2D eigenvalue weighted by atomic mass is 9.86. The van der Waals surface area contributed by atoms with Gasteiger partial charge in [0.1, 0.15) is 5.76 Å². The van der Waals surface area contributed by atoms with E-state index in [4.69, 9.17) is 10.2 Å². The Bertz CT molecular complexity index is 328. The van der Waals surface area contributed by atoms with Gasteiger partial charge in [0.15, 0.2) is 5.96 Å². The average molecular weight is 221 g/mol. The van der Waals surface area contributed by atoms with E-state index in [1.807, 2.05) is 12.1 Å². The number of furan rings is 1. The summed E-state index contributed by atoms with van der Waals surface area (Å²) in [6.45, 7) is 1.65. The highest BCUT2D eigenvalue weighted by atomic mass is 16.3. The molecule has 1 aliphatic rings. The van der Waals surface area contributed by atoms with Crippen molar-refractivity contribution in [3.8, 4) is 0 Å². The summed E-state index contributed by atoms with van der Waals surface area (Å²) >= 11 is 0. The number of guanidine groups is 1. The fourth-order valence-electron chi connectivity index (χ4n) is 1.73. The van der Waals surface area contributed by atoms with Crippen LogP contribution in [0.15, 0.2) is 27.8 Å². The molecular weight excluding hydrogens is 202 g/mol. The van der Waals surface area contributed by atoms with Crippen molar-refractivity contribution in [3.05, 3.63) is 24.2 Å². The van der Waals surface area contributed by atoms with Crippen LogP contribution < -0.4 is 11.1 Å². The van der Waals surface area contributed by atoms with Gasteiger partial charge in [-0.2, -0.15) is 0 Å². The molecule has 0 amide bonds. The summed E-state index contributed by atoms with van der Waals surface area (Å²) in [5.41, 5.74) is 5.75. The number of nitrogens with one attached hydrogen (secondary N) is 1. The molecule has 16 heavy (non-hydrogen) atoms. The van der Waals surface area contributed by atoms with Crippen LogP contribution in [0.2, 0.25) is 0 Å². The Morgan fingerprint density at radius 1 is 1.56 bits per heavy atom. The zero-order valence-corrected chi connectivity index (χ0v) is 9.48. The van der Waals surface area contributed by atoms with Crippen molar-refractivity contribution in [2.45, 2.75) is 25.7 Å². The molecule has 1 aromatic heterocycles. The molecule has 0 aromatic carbocycles. The molecule has 1 saturated carbocycles. The Morgan fingerprint density at radius 3 is 3.06 bits per heavy atom. The molecule has 1 fully saturated rings. The minimum absolute atomic E-state index is 0.554. The van der Waals surface area contributed by atoms with Gasteiger partial charge in [0.2, 0.25) is 0 Å². The number of rotatable bonds is 5. The molecule has 1 heterocycles. The van der Waals surface area contributed by atoms with Gasteiger partial charge in [0.05, 0.1) is 6.26 Å². The summed E-state index contributed by atoms with van der Waals surface area (Å²) in [6, 6.07) is 3.85. The lowest BCUT2D eigenvalue weighted by molar-refractivity contribution is 0.326. The number of hydrogen-bond acceptors (Lipinski definition) is 2. The van der Waals surface area contributed by atoms with E-state index in [0.717, 1.165) is 31.2 Å². The zero-order chi connectivity index (χ0) is 11.2. The second-order valence-electron chi connectivity index (χ2n) is 4.28. The van der Waals surface area contributed by atoms with Crippen LogP contribution >= 0.6 is 0 Å². The molecule has 0 atom stereocenters. The lowest BCUT2D eigenvalue weighted by Crippen LogP contribution is -2.34. The average Bonchev–Trinajstić information content (AvgIpc) is 2.68. The van der Waals surface area contributed by atoms with Crippen LogP contribution in [0.1, 0.15) is 25.0 Å². The predicted octanol–water partition coefficient (Wildman–Crippen LogP) is 1.53. The topological polar surface area (TPSA) is 63.5 Å². The third-order valence-electron chi connectivity index (χ3n) is 3.00. The zero-order valence-electron chi connectivity index (χ0n) is 9.48. The van der Waals surface area contributed by atoms with Crippen LogP contribution in [0.25, 0.3) is 0 Å². The monoisotopic (exact) mass is 221 g/mol. The van der Waals surface area contributed by atoms with E-state index in [9.17, 15) is 0 Å². The van der Waals surface area contributed by atoms with Crippen molar-refractivity contribution in [1.29, 1.82) is 0 Å². The molecule has 88 valence electrons. The highest BCUT2D eigenvalue weighted by molar-refractivity contribution is 5.77. The molecule has 1 aromatic rings. The van der Waals surface area contributed by atoms with Gasteiger partial charge in [-0.05, 0) is 30.9 Å². The second kappa shape index (κ2) is 5.58. The summed E-state index contributed by atoms with van der Waals surface area (Å²) in [5.74, 6) is 2.29. The first-order chi connectivity index (χ1) is 7.84. The standard InChI is InChI=1S/C12H19N3O/c13-12(15-9-10-3-1-4-10)14-7-6-11-5-2-8-16-11/h2,5,8,10H,1,3-4,6-7,9H2,(H3,13,14,15). The summed E-state index contributed by atoms with van der Waals surface area (Å²) < 4.78 is 5.22. The van der Waals surface area contributed by atoms with E-state index < -0.39 is 0 Å². The van der Waals surface area contributed by atoms with E-state index in [2.05, 4.69) is 10.3 Å². The summed E-state index contributed by atoms with van der Waals surface area (Å²) in [5, 5.41) is 3.09. The third kappa shape index (κ3) is 3.29. The van der Waals surface area contributed by atoms with Gasteiger partial charge in [0, 0.05) is 19.5 Å². The van der Waals surface area contributed by atoms with Gasteiger partial charge >= 0.3 is 0 Å². The smallest absolute Gasteiger partial charge is 0.188 e. The molecule has 4 heteroatoms. The van der Waals surface area contributed by atoms with Crippen LogP contribution in [-0.2, 0) is 6.42 Å². The maximum Gasteiger partial charge on any atom is 0.188 e. The molecule has 1 aliphatic carbocycles.